The van der Waals surface area contributed by atoms with Crippen LogP contribution in [0.4, 0.5) is 5.69 Å². The number of aromatic carboxylic acids is 1. The summed E-state index contributed by atoms with van der Waals surface area (Å²) in [6, 6.07) is 8.77. The smallest absolute Gasteiger partial charge is 0.335 e. The average Bonchev–Trinajstić information content (AvgIpc) is 2.76. The molecule has 3 rings (SSSR count). The summed E-state index contributed by atoms with van der Waals surface area (Å²) in [6.45, 7) is 3.99. The molecule has 5 heteroatoms. The number of nitrogen functional groups attached to an aromatic ring is 1. The molecule has 3 N–H and O–H groups in total. The van der Waals surface area contributed by atoms with E-state index in [1.165, 1.54) is 11.3 Å². The number of thiophene rings is 1. The molecule has 106 valence electrons. The first-order chi connectivity index (χ1) is 9.97. The van der Waals surface area contributed by atoms with Crippen LogP contribution in [0.25, 0.3) is 20.7 Å². The molecule has 0 saturated heterocycles. The molecule has 0 radical (unpaired) electrons. The normalized spacial score (nSPS) is 11.0. The fourth-order valence-corrected chi connectivity index (χ4v) is 3.67. The first-order valence-corrected chi connectivity index (χ1v) is 7.29. The predicted molar refractivity (Wildman–Crippen MR) is 85.9 cm³/mol. The second-order valence-corrected chi connectivity index (χ2v) is 5.99. The molecule has 0 bridgehead atoms. The van der Waals surface area contributed by atoms with Gasteiger partial charge in [0.2, 0.25) is 0 Å². The van der Waals surface area contributed by atoms with E-state index in [2.05, 4.69) is 4.98 Å². The maximum Gasteiger partial charge on any atom is 0.335 e. The lowest BCUT2D eigenvalue weighted by molar-refractivity contribution is 0.0697. The molecule has 0 saturated carbocycles. The highest BCUT2D eigenvalue weighted by atomic mass is 32.1. The Kier molecular flexibility index (Phi) is 3.14. The molecule has 0 atom stereocenters. The Morgan fingerprint density at radius 2 is 1.90 bits per heavy atom. The molecular weight excluding hydrogens is 284 g/mol. The molecule has 1 aromatic carbocycles. The zero-order valence-electron chi connectivity index (χ0n) is 11.7. The van der Waals surface area contributed by atoms with Crippen LogP contribution in [0.2, 0.25) is 0 Å². The largest absolute Gasteiger partial charge is 0.478 e. The van der Waals surface area contributed by atoms with Crippen LogP contribution in [-0.2, 0) is 0 Å². The Morgan fingerprint density at radius 3 is 2.52 bits per heavy atom. The van der Waals surface area contributed by atoms with E-state index < -0.39 is 5.97 Å². The van der Waals surface area contributed by atoms with Crippen molar-refractivity contribution in [3.63, 3.8) is 0 Å². The van der Waals surface area contributed by atoms with E-state index in [4.69, 9.17) is 10.8 Å². The summed E-state index contributed by atoms with van der Waals surface area (Å²) >= 11 is 1.54. The number of aryl methyl sites for hydroxylation is 2. The maximum atomic E-state index is 10.9. The molecule has 0 aliphatic heterocycles. The number of nitrogens with two attached hydrogens (primary N) is 1. The van der Waals surface area contributed by atoms with Crippen molar-refractivity contribution < 1.29 is 9.90 Å². The van der Waals surface area contributed by atoms with Crippen molar-refractivity contribution in [2.75, 3.05) is 5.73 Å². The van der Waals surface area contributed by atoms with E-state index in [0.29, 0.717) is 5.69 Å². The van der Waals surface area contributed by atoms with Crippen molar-refractivity contribution in [2.24, 2.45) is 0 Å². The van der Waals surface area contributed by atoms with E-state index in [9.17, 15) is 4.79 Å². The van der Waals surface area contributed by atoms with Crippen LogP contribution in [0, 0.1) is 13.8 Å². The summed E-state index contributed by atoms with van der Waals surface area (Å²) in [5, 5.41) is 9.94. The van der Waals surface area contributed by atoms with Crippen LogP contribution < -0.4 is 5.73 Å². The lowest BCUT2D eigenvalue weighted by Crippen LogP contribution is -1.95. The third kappa shape index (κ3) is 2.25. The van der Waals surface area contributed by atoms with Gasteiger partial charge < -0.3 is 10.8 Å². The van der Waals surface area contributed by atoms with Crippen LogP contribution >= 0.6 is 11.3 Å². The maximum absolute atomic E-state index is 10.9. The molecule has 21 heavy (non-hydrogen) atoms. The minimum absolute atomic E-state index is 0.267. The molecule has 0 aliphatic carbocycles. The third-order valence-electron chi connectivity index (χ3n) is 3.42. The fourth-order valence-electron chi connectivity index (χ4n) is 2.45. The van der Waals surface area contributed by atoms with Gasteiger partial charge in [-0.05, 0) is 43.2 Å². The van der Waals surface area contributed by atoms with Gasteiger partial charge in [-0.15, -0.1) is 11.3 Å². The van der Waals surface area contributed by atoms with Gasteiger partial charge in [0.15, 0.2) is 0 Å². The lowest BCUT2D eigenvalue weighted by Gasteiger charge is -2.02. The fraction of sp³-hybridized carbons (Fsp3) is 0.125. The molecule has 0 spiro atoms. The number of fused-ring (bicyclic) bond motifs is 1. The minimum Gasteiger partial charge on any atom is -0.478 e. The second-order valence-electron chi connectivity index (χ2n) is 4.99. The summed E-state index contributed by atoms with van der Waals surface area (Å²) in [5.41, 5.74) is 10.2. The van der Waals surface area contributed by atoms with E-state index in [1.807, 2.05) is 19.9 Å². The van der Waals surface area contributed by atoms with Crippen LogP contribution in [0.3, 0.4) is 0 Å². The minimum atomic E-state index is -0.931. The summed E-state index contributed by atoms with van der Waals surface area (Å²) < 4.78 is 0. The number of anilines is 1. The molecular formula is C16H14N2O2S. The standard InChI is InChI=1S/C16H14N2O2S/c1-8-7-9(2)18-15-12(8)13(17)14(21-15)10-3-5-11(6-4-10)16(19)20/h3-7H,17H2,1-2H3,(H,19,20). The summed E-state index contributed by atoms with van der Waals surface area (Å²) in [5.74, 6) is -0.931. The molecule has 4 nitrogen and oxygen atoms in total. The van der Waals surface area contributed by atoms with E-state index in [1.54, 1.807) is 24.3 Å². The van der Waals surface area contributed by atoms with Crippen molar-refractivity contribution in [1.29, 1.82) is 0 Å². The predicted octanol–water partition coefficient (Wildman–Crippen LogP) is 3.86. The van der Waals surface area contributed by atoms with Crippen LogP contribution in [0.1, 0.15) is 21.6 Å². The highest BCUT2D eigenvalue weighted by molar-refractivity contribution is 7.22. The number of hydrogen-bond donors (Lipinski definition) is 2. The lowest BCUT2D eigenvalue weighted by atomic mass is 10.1. The summed E-state index contributed by atoms with van der Waals surface area (Å²) in [7, 11) is 0. The average molecular weight is 298 g/mol. The quantitative estimate of drug-likeness (QED) is 0.753. The number of carboxylic acids is 1. The number of pyridine rings is 1. The van der Waals surface area contributed by atoms with Crippen LogP contribution in [-0.4, -0.2) is 16.1 Å². The van der Waals surface area contributed by atoms with Gasteiger partial charge in [-0.1, -0.05) is 12.1 Å². The Morgan fingerprint density at radius 1 is 1.24 bits per heavy atom. The Hall–Kier alpha value is -2.40. The molecule has 0 amide bonds. The second kappa shape index (κ2) is 4.86. The number of benzene rings is 1. The topological polar surface area (TPSA) is 76.2 Å². The van der Waals surface area contributed by atoms with Gasteiger partial charge in [-0.25, -0.2) is 9.78 Å². The van der Waals surface area contributed by atoms with Gasteiger partial charge in [-0.2, -0.15) is 0 Å². The number of hydrogen-bond acceptors (Lipinski definition) is 4. The van der Waals surface area contributed by atoms with Crippen molar-refractivity contribution in [3.05, 3.63) is 47.2 Å². The molecule has 3 aromatic rings. The van der Waals surface area contributed by atoms with Gasteiger partial charge in [0.25, 0.3) is 0 Å². The van der Waals surface area contributed by atoms with Crippen LogP contribution in [0.15, 0.2) is 30.3 Å². The first kappa shape index (κ1) is 13.6. The Bertz CT molecular complexity index is 851. The highest BCUT2D eigenvalue weighted by Crippen LogP contribution is 2.41. The Labute approximate surface area is 125 Å². The van der Waals surface area contributed by atoms with Gasteiger partial charge >= 0.3 is 5.97 Å². The number of carboxylic acid groups (broad SMARTS) is 1. The first-order valence-electron chi connectivity index (χ1n) is 6.47. The molecule has 2 heterocycles. The van der Waals surface area contributed by atoms with Gasteiger partial charge in [0.1, 0.15) is 4.83 Å². The zero-order chi connectivity index (χ0) is 15.1. The van der Waals surface area contributed by atoms with Crippen molar-refractivity contribution >= 4 is 33.2 Å². The number of rotatable bonds is 2. The van der Waals surface area contributed by atoms with E-state index in [0.717, 1.165) is 31.9 Å². The molecule has 2 aromatic heterocycles. The van der Waals surface area contributed by atoms with Crippen molar-refractivity contribution in [1.82, 2.24) is 4.98 Å². The van der Waals surface area contributed by atoms with E-state index in [-0.39, 0.29) is 5.56 Å². The molecule has 0 fully saturated rings. The number of carbonyl (C=O) groups is 1. The van der Waals surface area contributed by atoms with Gasteiger partial charge in [0, 0.05) is 11.1 Å². The molecule has 0 aliphatic rings. The SMILES string of the molecule is Cc1cc(C)c2c(N)c(-c3ccc(C(=O)O)cc3)sc2n1. The van der Waals surface area contributed by atoms with Crippen molar-refractivity contribution in [2.45, 2.75) is 13.8 Å². The van der Waals surface area contributed by atoms with E-state index >= 15 is 0 Å². The third-order valence-corrected chi connectivity index (χ3v) is 4.57. The zero-order valence-corrected chi connectivity index (χ0v) is 12.5. The van der Waals surface area contributed by atoms with Crippen molar-refractivity contribution in [3.8, 4) is 10.4 Å². The monoisotopic (exact) mass is 298 g/mol. The number of aromatic nitrogens is 1. The van der Waals surface area contributed by atoms with Gasteiger partial charge in [-0.3, -0.25) is 0 Å². The highest BCUT2D eigenvalue weighted by Gasteiger charge is 2.15. The number of nitrogens with zero attached hydrogens (tertiary/aromatic N) is 1. The van der Waals surface area contributed by atoms with Gasteiger partial charge in [0.05, 0.1) is 16.1 Å². The molecule has 0 unspecified atom stereocenters. The summed E-state index contributed by atoms with van der Waals surface area (Å²) in [4.78, 5) is 17.3. The van der Waals surface area contributed by atoms with Crippen LogP contribution in [0.5, 0.6) is 0 Å². The Balaban J connectivity index is 2.18. The summed E-state index contributed by atoms with van der Waals surface area (Å²) in [6.07, 6.45) is 0.